The lowest BCUT2D eigenvalue weighted by Gasteiger charge is -2.20. The van der Waals surface area contributed by atoms with Crippen LogP contribution < -0.4 is 5.32 Å². The van der Waals surface area contributed by atoms with Crippen molar-refractivity contribution in [3.05, 3.63) is 77.3 Å². The average Bonchev–Trinajstić information content (AvgIpc) is 3.28. The summed E-state index contributed by atoms with van der Waals surface area (Å²) in [5.74, 6) is 0.557. The molecule has 0 aliphatic heterocycles. The summed E-state index contributed by atoms with van der Waals surface area (Å²) in [6.45, 7) is 2.01. The number of hydrogen-bond donors (Lipinski definition) is 2. The number of rotatable bonds is 6. The predicted octanol–water partition coefficient (Wildman–Crippen LogP) is 4.77. The number of halogens is 1. The Morgan fingerprint density at radius 3 is 2.85 bits per heavy atom. The van der Waals surface area contributed by atoms with Crippen molar-refractivity contribution in [3.63, 3.8) is 0 Å². The lowest BCUT2D eigenvalue weighted by atomic mass is 9.97. The number of hydrogen-bond acceptors (Lipinski definition) is 7. The molecule has 0 fully saturated rings. The Balaban J connectivity index is 1.64. The smallest absolute Gasteiger partial charge is 0.182 e. The number of fused-ring (bicyclic) bond motifs is 2. The highest BCUT2D eigenvalue weighted by Crippen LogP contribution is 2.34. The summed E-state index contributed by atoms with van der Waals surface area (Å²) in [5, 5.41) is 4.88. The molecular weight excluding hydrogens is 460 g/mol. The zero-order valence-corrected chi connectivity index (χ0v) is 19.0. The lowest BCUT2D eigenvalue weighted by Crippen LogP contribution is -2.11. The first-order valence-electron chi connectivity index (χ1n) is 10.1. The number of nitrogens with zero attached hydrogens (tertiary/aromatic N) is 4. The van der Waals surface area contributed by atoms with E-state index in [2.05, 4.69) is 25.3 Å². The SMILES string of the molecule is C[C@H](Nc1ncnc2nc[nH]c12)c1cc2cccc(Cl)c2nc1-c1cccc(CS(=O)[O-])c1. The molecule has 2 aromatic carbocycles. The van der Waals surface area contributed by atoms with Crippen LogP contribution >= 0.6 is 11.6 Å². The van der Waals surface area contributed by atoms with Gasteiger partial charge in [0.25, 0.3) is 0 Å². The average molecular weight is 478 g/mol. The molecule has 10 heteroatoms. The quantitative estimate of drug-likeness (QED) is 0.338. The van der Waals surface area contributed by atoms with Gasteiger partial charge in [-0.15, -0.1) is 0 Å². The number of imidazole rings is 1. The van der Waals surface area contributed by atoms with Gasteiger partial charge >= 0.3 is 0 Å². The van der Waals surface area contributed by atoms with E-state index in [0.29, 0.717) is 38.8 Å². The molecule has 0 saturated heterocycles. The van der Waals surface area contributed by atoms with Gasteiger partial charge in [0.2, 0.25) is 0 Å². The van der Waals surface area contributed by atoms with Crippen molar-refractivity contribution >= 4 is 50.6 Å². The molecule has 3 heterocycles. The van der Waals surface area contributed by atoms with Crippen LogP contribution in [0.25, 0.3) is 33.3 Å². The van der Waals surface area contributed by atoms with E-state index in [1.165, 1.54) is 6.33 Å². The van der Waals surface area contributed by atoms with Crippen molar-refractivity contribution in [2.24, 2.45) is 0 Å². The van der Waals surface area contributed by atoms with E-state index >= 15 is 0 Å². The molecule has 1 unspecified atom stereocenters. The van der Waals surface area contributed by atoms with E-state index in [0.717, 1.165) is 16.5 Å². The largest absolute Gasteiger partial charge is 0.772 e. The van der Waals surface area contributed by atoms with Gasteiger partial charge in [-0.25, -0.2) is 19.9 Å². The van der Waals surface area contributed by atoms with E-state index in [1.807, 2.05) is 43.3 Å². The Bertz CT molecular complexity index is 1510. The summed E-state index contributed by atoms with van der Waals surface area (Å²) in [4.78, 5) is 20.7. The van der Waals surface area contributed by atoms with E-state index in [1.54, 1.807) is 18.5 Å². The van der Waals surface area contributed by atoms with Gasteiger partial charge in [0, 0.05) is 22.3 Å². The van der Waals surface area contributed by atoms with Crippen molar-refractivity contribution < 1.29 is 8.76 Å². The first-order chi connectivity index (χ1) is 16.0. The number of aromatic nitrogens is 5. The number of para-hydroxylation sites is 1. The predicted molar refractivity (Wildman–Crippen MR) is 129 cm³/mol. The third kappa shape index (κ3) is 4.30. The number of H-pyrrole nitrogens is 1. The maximum absolute atomic E-state index is 11.2. The van der Waals surface area contributed by atoms with Gasteiger partial charge in [-0.3, -0.25) is 4.21 Å². The molecule has 2 atom stereocenters. The molecule has 0 radical (unpaired) electrons. The maximum Gasteiger partial charge on any atom is 0.182 e. The Kier molecular flexibility index (Phi) is 5.76. The van der Waals surface area contributed by atoms with Crippen LogP contribution in [0, 0.1) is 0 Å². The highest BCUT2D eigenvalue weighted by Gasteiger charge is 2.18. The van der Waals surface area contributed by atoms with Crippen molar-refractivity contribution in [2.75, 3.05) is 5.32 Å². The number of anilines is 1. The monoisotopic (exact) mass is 477 g/mol. The Morgan fingerprint density at radius 2 is 2.00 bits per heavy atom. The maximum atomic E-state index is 11.2. The summed E-state index contributed by atoms with van der Waals surface area (Å²) in [6, 6.07) is 14.9. The summed E-state index contributed by atoms with van der Waals surface area (Å²) in [5.41, 5.74) is 5.08. The van der Waals surface area contributed by atoms with Crippen molar-refractivity contribution in [3.8, 4) is 11.3 Å². The fourth-order valence-corrected chi connectivity index (χ4v) is 4.52. The van der Waals surface area contributed by atoms with E-state index < -0.39 is 11.1 Å². The molecule has 3 aromatic heterocycles. The van der Waals surface area contributed by atoms with Crippen LogP contribution in [0.4, 0.5) is 5.82 Å². The van der Waals surface area contributed by atoms with Gasteiger partial charge in [-0.2, -0.15) is 0 Å². The van der Waals surface area contributed by atoms with Gasteiger partial charge < -0.3 is 14.9 Å². The molecule has 33 heavy (non-hydrogen) atoms. The molecule has 166 valence electrons. The van der Waals surface area contributed by atoms with Gasteiger partial charge in [0.1, 0.15) is 11.8 Å². The van der Waals surface area contributed by atoms with Gasteiger partial charge in [0.05, 0.1) is 28.6 Å². The van der Waals surface area contributed by atoms with E-state index in [9.17, 15) is 8.76 Å². The normalized spacial score (nSPS) is 13.3. The molecule has 0 saturated carbocycles. The van der Waals surface area contributed by atoms with E-state index in [4.69, 9.17) is 16.6 Å². The van der Waals surface area contributed by atoms with Crippen LogP contribution in [0.2, 0.25) is 5.02 Å². The van der Waals surface area contributed by atoms with Crippen molar-refractivity contribution in [2.45, 2.75) is 18.7 Å². The van der Waals surface area contributed by atoms with Crippen LogP contribution in [0.5, 0.6) is 0 Å². The zero-order chi connectivity index (χ0) is 22.9. The highest BCUT2D eigenvalue weighted by atomic mass is 35.5. The fourth-order valence-electron chi connectivity index (χ4n) is 3.84. The second-order valence-electron chi connectivity index (χ2n) is 7.58. The zero-order valence-electron chi connectivity index (χ0n) is 17.4. The molecule has 5 aromatic rings. The van der Waals surface area contributed by atoms with Gasteiger partial charge in [0.15, 0.2) is 11.5 Å². The van der Waals surface area contributed by atoms with Crippen LogP contribution in [0.15, 0.2) is 61.2 Å². The minimum absolute atomic E-state index is 0.0654. The topological polar surface area (TPSA) is 120 Å². The second kappa shape index (κ2) is 8.86. The van der Waals surface area contributed by atoms with Gasteiger partial charge in [-0.05, 0) is 30.7 Å². The minimum atomic E-state index is -2.18. The van der Waals surface area contributed by atoms with Crippen molar-refractivity contribution in [1.82, 2.24) is 24.9 Å². The summed E-state index contributed by atoms with van der Waals surface area (Å²) in [7, 11) is 0. The molecule has 0 spiro atoms. The fraction of sp³-hybridized carbons (Fsp3) is 0.130. The van der Waals surface area contributed by atoms with Crippen LogP contribution in [0.1, 0.15) is 24.1 Å². The molecule has 0 aliphatic carbocycles. The summed E-state index contributed by atoms with van der Waals surface area (Å²) >= 11 is 4.26. The molecular formula is C23H18ClN6O2S-. The van der Waals surface area contributed by atoms with Crippen molar-refractivity contribution in [1.29, 1.82) is 0 Å². The standard InChI is InChI=1S/C23H19ClN6O2S/c1-13(29-23-21-22(26-11-25-21)27-12-28-23)17-9-16-6-3-7-18(24)20(16)30-19(17)15-5-2-4-14(8-15)10-33(31)32/h2-9,11-13H,10H2,1H3,(H,31,32)(H2,25,26,27,28,29)/p-1/t13-/m0/s1. The number of benzene rings is 2. The third-order valence-corrected chi connectivity index (χ3v) is 6.23. The first-order valence-corrected chi connectivity index (χ1v) is 11.8. The Morgan fingerprint density at radius 1 is 1.15 bits per heavy atom. The third-order valence-electron chi connectivity index (χ3n) is 5.35. The molecule has 2 N–H and O–H groups in total. The van der Waals surface area contributed by atoms with E-state index in [-0.39, 0.29) is 11.8 Å². The Hall–Kier alpha value is -3.40. The molecule has 8 nitrogen and oxygen atoms in total. The highest BCUT2D eigenvalue weighted by molar-refractivity contribution is 7.78. The van der Waals surface area contributed by atoms with Gasteiger partial charge in [-0.1, -0.05) is 53.0 Å². The first kappa shape index (κ1) is 21.4. The summed E-state index contributed by atoms with van der Waals surface area (Å²) in [6.07, 6.45) is 3.04. The molecule has 0 aliphatic rings. The molecule has 0 bridgehead atoms. The minimum Gasteiger partial charge on any atom is -0.772 e. The second-order valence-corrected chi connectivity index (χ2v) is 8.88. The Labute approximate surface area is 196 Å². The number of pyridine rings is 1. The van der Waals surface area contributed by atoms with Crippen LogP contribution in [-0.4, -0.2) is 33.7 Å². The van der Waals surface area contributed by atoms with Crippen LogP contribution in [0.3, 0.4) is 0 Å². The number of aromatic amines is 1. The summed E-state index contributed by atoms with van der Waals surface area (Å²) < 4.78 is 22.5. The molecule has 5 rings (SSSR count). The number of nitrogens with one attached hydrogen (secondary N) is 2. The van der Waals surface area contributed by atoms with Crippen LogP contribution in [-0.2, 0) is 16.8 Å². The lowest BCUT2D eigenvalue weighted by molar-refractivity contribution is 0.536. The molecule has 0 amide bonds.